The van der Waals surface area contributed by atoms with E-state index in [4.69, 9.17) is 4.74 Å². The van der Waals surface area contributed by atoms with Gasteiger partial charge in [-0.2, -0.15) is 0 Å². The molecule has 1 heterocycles. The van der Waals surface area contributed by atoms with Crippen LogP contribution in [0.15, 0.2) is 4.34 Å². The van der Waals surface area contributed by atoms with Crippen LogP contribution in [0.4, 0.5) is 0 Å². The van der Waals surface area contributed by atoms with Gasteiger partial charge in [0, 0.05) is 10.1 Å². The molecule has 0 aliphatic rings. The second-order valence-electron chi connectivity index (χ2n) is 4.91. The third-order valence-corrected chi connectivity index (χ3v) is 5.66. The van der Waals surface area contributed by atoms with Gasteiger partial charge < -0.3 is 4.74 Å². The van der Waals surface area contributed by atoms with E-state index in [1.165, 1.54) is 7.11 Å². The van der Waals surface area contributed by atoms with E-state index in [2.05, 4.69) is 39.6 Å². The summed E-state index contributed by atoms with van der Waals surface area (Å²) in [6, 6.07) is 0. The molecule has 1 aromatic rings. The van der Waals surface area contributed by atoms with E-state index in [1.54, 1.807) is 23.1 Å². The maximum atomic E-state index is 11.7. The first kappa shape index (κ1) is 15.5. The first-order valence-corrected chi connectivity index (χ1v) is 7.82. The van der Waals surface area contributed by atoms with E-state index >= 15 is 0 Å². The molecule has 0 aliphatic heterocycles. The number of hydrogen-bond acceptors (Lipinski definition) is 5. The molecule has 0 saturated heterocycles. The fraction of sp³-hybridized carbons (Fsp3) is 0.692. The Morgan fingerprint density at radius 1 is 1.28 bits per heavy atom. The highest BCUT2D eigenvalue weighted by atomic mass is 32.2. The maximum absolute atomic E-state index is 11.7. The fourth-order valence-electron chi connectivity index (χ4n) is 1.29. The molecule has 0 aromatic carbocycles. The average molecular weight is 287 g/mol. The van der Waals surface area contributed by atoms with E-state index in [1.807, 2.05) is 0 Å². The maximum Gasteiger partial charge on any atom is 0.357 e. The zero-order valence-corrected chi connectivity index (χ0v) is 13.4. The van der Waals surface area contributed by atoms with Gasteiger partial charge in [0.25, 0.3) is 0 Å². The molecule has 0 N–H and O–H groups in total. The number of ether oxygens (including phenoxy) is 1. The van der Waals surface area contributed by atoms with E-state index in [9.17, 15) is 4.79 Å². The summed E-state index contributed by atoms with van der Waals surface area (Å²) in [5.74, 6) is 0.544. The molecule has 3 nitrogen and oxygen atoms in total. The molecule has 0 fully saturated rings. The van der Waals surface area contributed by atoms with Crippen molar-refractivity contribution in [3.05, 3.63) is 10.6 Å². The lowest BCUT2D eigenvalue weighted by Crippen LogP contribution is -2.06. The molecule has 0 saturated carbocycles. The molecule has 18 heavy (non-hydrogen) atoms. The van der Waals surface area contributed by atoms with Crippen molar-refractivity contribution in [3.8, 4) is 0 Å². The molecule has 0 amide bonds. The Morgan fingerprint density at radius 2 is 1.89 bits per heavy atom. The quantitative estimate of drug-likeness (QED) is 0.601. The number of aromatic nitrogens is 1. The summed E-state index contributed by atoms with van der Waals surface area (Å²) in [5.41, 5.74) is 0.482. The largest absolute Gasteiger partial charge is 0.464 e. The van der Waals surface area contributed by atoms with Crippen LogP contribution in [0.1, 0.15) is 55.9 Å². The van der Waals surface area contributed by atoms with Gasteiger partial charge in [-0.3, -0.25) is 0 Å². The van der Waals surface area contributed by atoms with Gasteiger partial charge in [-0.05, 0) is 11.8 Å². The topological polar surface area (TPSA) is 39.2 Å². The predicted octanol–water partition coefficient (Wildman–Crippen LogP) is 4.19. The molecule has 1 rings (SSSR count). The number of rotatable bonds is 5. The van der Waals surface area contributed by atoms with Gasteiger partial charge >= 0.3 is 5.97 Å². The first-order valence-electron chi connectivity index (χ1n) is 6.12. The van der Waals surface area contributed by atoms with E-state index in [0.29, 0.717) is 22.8 Å². The van der Waals surface area contributed by atoms with Crippen LogP contribution in [-0.2, 0) is 4.74 Å². The van der Waals surface area contributed by atoms with Crippen LogP contribution in [0.25, 0.3) is 0 Å². The SMILES string of the molecule is COC(=O)c1nc(S[C@H](C)C(C)C)sc1C(C)C. The van der Waals surface area contributed by atoms with Gasteiger partial charge in [0.2, 0.25) is 0 Å². The minimum absolute atomic E-state index is 0.292. The number of thiazole rings is 1. The van der Waals surface area contributed by atoms with Crippen molar-refractivity contribution in [1.29, 1.82) is 0 Å². The predicted molar refractivity (Wildman–Crippen MR) is 77.7 cm³/mol. The van der Waals surface area contributed by atoms with Crippen molar-refractivity contribution >= 4 is 29.1 Å². The summed E-state index contributed by atoms with van der Waals surface area (Å²) >= 11 is 3.34. The smallest absolute Gasteiger partial charge is 0.357 e. The van der Waals surface area contributed by atoms with Gasteiger partial charge in [-0.1, -0.05) is 46.4 Å². The Morgan fingerprint density at radius 3 is 2.33 bits per heavy atom. The average Bonchev–Trinajstić information content (AvgIpc) is 2.71. The minimum atomic E-state index is -0.334. The summed E-state index contributed by atoms with van der Waals surface area (Å²) in [5, 5.41) is 0.488. The molecule has 1 aromatic heterocycles. The molecular formula is C13H21NO2S2. The molecule has 0 unspecified atom stereocenters. The molecular weight excluding hydrogens is 266 g/mol. The van der Waals surface area contributed by atoms with Crippen molar-refractivity contribution in [3.63, 3.8) is 0 Å². The lowest BCUT2D eigenvalue weighted by atomic mass is 10.1. The van der Waals surface area contributed by atoms with Crippen molar-refractivity contribution in [2.45, 2.75) is 50.1 Å². The lowest BCUT2D eigenvalue weighted by molar-refractivity contribution is 0.0592. The monoisotopic (exact) mass is 287 g/mol. The summed E-state index contributed by atoms with van der Waals surface area (Å²) in [7, 11) is 1.40. The highest BCUT2D eigenvalue weighted by molar-refractivity contribution is 8.01. The Kier molecular flexibility index (Phi) is 5.66. The summed E-state index contributed by atoms with van der Waals surface area (Å²) in [6.45, 7) is 10.7. The minimum Gasteiger partial charge on any atom is -0.464 e. The number of thioether (sulfide) groups is 1. The van der Waals surface area contributed by atoms with Crippen molar-refractivity contribution in [1.82, 2.24) is 4.98 Å². The zero-order valence-electron chi connectivity index (χ0n) is 11.8. The van der Waals surface area contributed by atoms with E-state index in [-0.39, 0.29) is 5.97 Å². The number of nitrogens with zero attached hydrogens (tertiary/aromatic N) is 1. The molecule has 0 aliphatic carbocycles. The molecule has 0 bridgehead atoms. The van der Waals surface area contributed by atoms with Gasteiger partial charge in [-0.15, -0.1) is 11.3 Å². The number of carbonyl (C=O) groups excluding carboxylic acids is 1. The van der Waals surface area contributed by atoms with Gasteiger partial charge in [0.15, 0.2) is 10.0 Å². The van der Waals surface area contributed by atoms with Crippen LogP contribution in [0, 0.1) is 5.92 Å². The highest BCUT2D eigenvalue weighted by Crippen LogP contribution is 2.36. The van der Waals surface area contributed by atoms with Crippen LogP contribution in [0.5, 0.6) is 0 Å². The molecule has 1 atom stereocenters. The summed E-state index contributed by atoms with van der Waals surface area (Å²) < 4.78 is 5.75. The van der Waals surface area contributed by atoms with E-state index in [0.717, 1.165) is 9.22 Å². The Labute approximate surface area is 117 Å². The number of esters is 1. The van der Waals surface area contributed by atoms with Crippen molar-refractivity contribution in [2.24, 2.45) is 5.92 Å². The van der Waals surface area contributed by atoms with Crippen molar-refractivity contribution in [2.75, 3.05) is 7.11 Å². The highest BCUT2D eigenvalue weighted by Gasteiger charge is 2.22. The fourth-order valence-corrected chi connectivity index (χ4v) is 3.73. The van der Waals surface area contributed by atoms with Crippen LogP contribution in [-0.4, -0.2) is 23.3 Å². The third-order valence-electron chi connectivity index (χ3n) is 2.76. The molecule has 5 heteroatoms. The van der Waals surface area contributed by atoms with Crippen LogP contribution in [0.2, 0.25) is 0 Å². The van der Waals surface area contributed by atoms with Gasteiger partial charge in [0.1, 0.15) is 0 Å². The van der Waals surface area contributed by atoms with Crippen LogP contribution < -0.4 is 0 Å². The zero-order chi connectivity index (χ0) is 13.9. The second kappa shape index (κ2) is 6.57. The number of methoxy groups -OCH3 is 1. The lowest BCUT2D eigenvalue weighted by Gasteiger charge is -2.12. The normalized spacial score (nSPS) is 13.1. The number of hydrogen-bond donors (Lipinski definition) is 0. The van der Waals surface area contributed by atoms with Gasteiger partial charge in [0.05, 0.1) is 7.11 Å². The third kappa shape index (κ3) is 3.72. The Hall–Kier alpha value is -0.550. The van der Waals surface area contributed by atoms with E-state index < -0.39 is 0 Å². The molecule has 0 spiro atoms. The molecule has 102 valence electrons. The summed E-state index contributed by atoms with van der Waals surface area (Å²) in [4.78, 5) is 17.1. The Balaban J connectivity index is 2.99. The standard InChI is InChI=1S/C13H21NO2S2/c1-7(2)9(5)17-13-14-10(12(15)16-6)11(18-13)8(3)4/h7-9H,1-6H3/t9-/m1/s1. The Bertz CT molecular complexity index is 413. The van der Waals surface area contributed by atoms with Gasteiger partial charge in [-0.25, -0.2) is 9.78 Å². The second-order valence-corrected chi connectivity index (χ2v) is 7.56. The number of carbonyl (C=O) groups is 1. The van der Waals surface area contributed by atoms with Crippen LogP contribution in [0.3, 0.4) is 0 Å². The first-order chi connectivity index (χ1) is 8.36. The molecule has 0 radical (unpaired) electrons. The van der Waals surface area contributed by atoms with Crippen molar-refractivity contribution < 1.29 is 9.53 Å². The van der Waals surface area contributed by atoms with Crippen LogP contribution >= 0.6 is 23.1 Å². The summed E-state index contributed by atoms with van der Waals surface area (Å²) in [6.07, 6.45) is 0.